The summed E-state index contributed by atoms with van der Waals surface area (Å²) in [5.41, 5.74) is 5.95. The van der Waals surface area contributed by atoms with E-state index < -0.39 is 0 Å². The van der Waals surface area contributed by atoms with Gasteiger partial charge in [0.1, 0.15) is 0 Å². The summed E-state index contributed by atoms with van der Waals surface area (Å²) in [6.07, 6.45) is 0.628. The highest BCUT2D eigenvalue weighted by atomic mass is 16.4. The highest BCUT2D eigenvalue weighted by Crippen LogP contribution is 2.32. The van der Waals surface area contributed by atoms with E-state index in [9.17, 15) is 5.21 Å². The normalized spacial score (nSPS) is 16.0. The summed E-state index contributed by atoms with van der Waals surface area (Å²) in [5, 5.41) is 12.7. The quantitative estimate of drug-likeness (QED) is 0.550. The fourth-order valence-corrected chi connectivity index (χ4v) is 2.48. The average molecular weight is 235 g/mol. The summed E-state index contributed by atoms with van der Waals surface area (Å²) in [6.45, 7) is 4.19. The van der Waals surface area contributed by atoms with Crippen LogP contribution >= 0.6 is 0 Å². The number of hydrogen-bond donors (Lipinski definition) is 1. The summed E-state index contributed by atoms with van der Waals surface area (Å²) in [5.74, 6) is 0. The van der Waals surface area contributed by atoms with Gasteiger partial charge in [0.25, 0.3) is 0 Å². The zero-order valence-electron chi connectivity index (χ0n) is 9.93. The van der Waals surface area contributed by atoms with E-state index in [1.165, 1.54) is 0 Å². The summed E-state index contributed by atoms with van der Waals surface area (Å²) in [7, 11) is 0. The van der Waals surface area contributed by atoms with Crippen LogP contribution in [-0.2, 0) is 6.42 Å². The summed E-state index contributed by atoms with van der Waals surface area (Å²) < 4.78 is 0. The number of benzene rings is 2. The lowest BCUT2D eigenvalue weighted by atomic mass is 9.96. The number of fused-ring (bicyclic) bond motifs is 2. The van der Waals surface area contributed by atoms with Gasteiger partial charge in [-0.25, -0.2) is 0 Å². The first-order valence-electron chi connectivity index (χ1n) is 5.89. The second kappa shape index (κ2) is 4.15. The first kappa shape index (κ1) is 10.8. The Kier molecular flexibility index (Phi) is 2.49. The van der Waals surface area contributed by atoms with E-state index in [-0.39, 0.29) is 0 Å². The van der Waals surface area contributed by atoms with Gasteiger partial charge in [0.05, 0.1) is 5.71 Å². The molecule has 2 heteroatoms. The minimum Gasteiger partial charge on any atom is -0.411 e. The van der Waals surface area contributed by atoms with E-state index in [2.05, 4.69) is 23.9 Å². The van der Waals surface area contributed by atoms with Gasteiger partial charge in [-0.05, 0) is 22.3 Å². The van der Waals surface area contributed by atoms with Crippen molar-refractivity contribution in [3.05, 3.63) is 77.4 Å². The Morgan fingerprint density at radius 2 is 1.50 bits per heavy atom. The van der Waals surface area contributed by atoms with Crippen molar-refractivity contribution in [3.8, 4) is 0 Å². The van der Waals surface area contributed by atoms with Gasteiger partial charge in [0.2, 0.25) is 0 Å². The molecule has 0 radical (unpaired) electrons. The number of hydrogen-bond acceptors (Lipinski definition) is 2. The van der Waals surface area contributed by atoms with Crippen molar-refractivity contribution in [2.75, 3.05) is 0 Å². The Balaban J connectivity index is 2.31. The number of oxime groups is 1. The highest BCUT2D eigenvalue weighted by molar-refractivity contribution is 6.08. The molecule has 2 aromatic rings. The molecule has 0 saturated heterocycles. The fourth-order valence-electron chi connectivity index (χ4n) is 2.48. The van der Waals surface area contributed by atoms with Gasteiger partial charge < -0.3 is 5.21 Å². The number of rotatable bonds is 0. The Morgan fingerprint density at radius 1 is 0.889 bits per heavy atom. The Bertz CT molecular complexity index is 656. The molecule has 0 amide bonds. The standard InChI is InChI=1S/C16H13NO/c1-11-13-7-3-2-6-12(13)10-16(17-18)15-9-5-4-8-14(11)15/h2-9,18H,1,10H2/b17-16+. The second-order valence-electron chi connectivity index (χ2n) is 4.40. The molecule has 0 spiro atoms. The molecule has 0 heterocycles. The molecule has 1 aliphatic carbocycles. The topological polar surface area (TPSA) is 32.6 Å². The van der Waals surface area contributed by atoms with Gasteiger partial charge in [0, 0.05) is 12.0 Å². The van der Waals surface area contributed by atoms with Crippen molar-refractivity contribution in [1.82, 2.24) is 0 Å². The molecule has 3 rings (SSSR count). The Morgan fingerprint density at radius 3 is 2.22 bits per heavy atom. The van der Waals surface area contributed by atoms with Crippen molar-refractivity contribution in [3.63, 3.8) is 0 Å². The molecular weight excluding hydrogens is 222 g/mol. The molecule has 0 saturated carbocycles. The number of nitrogens with zero attached hydrogens (tertiary/aromatic N) is 1. The molecule has 1 N–H and O–H groups in total. The fraction of sp³-hybridized carbons (Fsp3) is 0.0625. The van der Waals surface area contributed by atoms with E-state index in [1.54, 1.807) is 0 Å². The molecule has 1 aliphatic rings. The third-order valence-corrected chi connectivity index (χ3v) is 3.38. The SMILES string of the molecule is C=C1c2ccccc2C/C(=N\O)c2ccccc21. The van der Waals surface area contributed by atoms with Gasteiger partial charge >= 0.3 is 0 Å². The summed E-state index contributed by atoms with van der Waals surface area (Å²) in [6, 6.07) is 16.0. The van der Waals surface area contributed by atoms with Gasteiger partial charge in [-0.1, -0.05) is 60.3 Å². The Hall–Kier alpha value is -2.35. The molecule has 2 aromatic carbocycles. The largest absolute Gasteiger partial charge is 0.411 e. The maximum absolute atomic E-state index is 9.23. The van der Waals surface area contributed by atoms with E-state index in [0.29, 0.717) is 12.1 Å². The van der Waals surface area contributed by atoms with Crippen LogP contribution in [0.4, 0.5) is 0 Å². The molecular formula is C16H13NO. The lowest BCUT2D eigenvalue weighted by Gasteiger charge is -2.08. The van der Waals surface area contributed by atoms with Crippen LogP contribution in [0.2, 0.25) is 0 Å². The smallest absolute Gasteiger partial charge is 0.0917 e. The third kappa shape index (κ3) is 1.54. The maximum atomic E-state index is 9.23. The molecule has 0 aliphatic heterocycles. The second-order valence-corrected chi connectivity index (χ2v) is 4.40. The van der Waals surface area contributed by atoms with Gasteiger partial charge in [0.15, 0.2) is 0 Å². The molecule has 0 bridgehead atoms. The maximum Gasteiger partial charge on any atom is 0.0917 e. The molecule has 0 fully saturated rings. The summed E-state index contributed by atoms with van der Waals surface area (Å²) in [4.78, 5) is 0. The van der Waals surface area contributed by atoms with Crippen LogP contribution in [-0.4, -0.2) is 10.9 Å². The monoisotopic (exact) mass is 235 g/mol. The van der Waals surface area contributed by atoms with Crippen molar-refractivity contribution in [2.24, 2.45) is 5.16 Å². The van der Waals surface area contributed by atoms with E-state index >= 15 is 0 Å². The van der Waals surface area contributed by atoms with Crippen LogP contribution in [0.5, 0.6) is 0 Å². The van der Waals surface area contributed by atoms with Crippen molar-refractivity contribution >= 4 is 11.3 Å². The lowest BCUT2D eigenvalue weighted by Crippen LogP contribution is -2.05. The molecule has 18 heavy (non-hydrogen) atoms. The van der Waals surface area contributed by atoms with Crippen LogP contribution in [0.25, 0.3) is 5.57 Å². The van der Waals surface area contributed by atoms with Crippen LogP contribution in [0.15, 0.2) is 60.3 Å². The van der Waals surface area contributed by atoms with E-state index in [4.69, 9.17) is 0 Å². The van der Waals surface area contributed by atoms with Crippen molar-refractivity contribution < 1.29 is 5.21 Å². The van der Waals surface area contributed by atoms with Gasteiger partial charge in [-0.15, -0.1) is 0 Å². The first-order valence-corrected chi connectivity index (χ1v) is 5.89. The Labute approximate surface area is 106 Å². The van der Waals surface area contributed by atoms with E-state index in [0.717, 1.165) is 27.8 Å². The minimum absolute atomic E-state index is 0.628. The zero-order chi connectivity index (χ0) is 12.5. The summed E-state index contributed by atoms with van der Waals surface area (Å²) >= 11 is 0. The molecule has 0 aromatic heterocycles. The molecule has 0 atom stereocenters. The minimum atomic E-state index is 0.628. The van der Waals surface area contributed by atoms with E-state index in [1.807, 2.05) is 36.4 Å². The predicted octanol–water partition coefficient (Wildman–Crippen LogP) is 3.48. The molecule has 2 nitrogen and oxygen atoms in total. The first-order chi connectivity index (χ1) is 8.81. The van der Waals surface area contributed by atoms with Crippen LogP contribution in [0.3, 0.4) is 0 Å². The zero-order valence-corrected chi connectivity index (χ0v) is 9.93. The van der Waals surface area contributed by atoms with Crippen LogP contribution in [0, 0.1) is 0 Å². The molecule has 0 unspecified atom stereocenters. The van der Waals surface area contributed by atoms with Gasteiger partial charge in [-0.2, -0.15) is 0 Å². The predicted molar refractivity (Wildman–Crippen MR) is 73.0 cm³/mol. The van der Waals surface area contributed by atoms with Crippen LogP contribution in [0.1, 0.15) is 22.3 Å². The van der Waals surface area contributed by atoms with Crippen LogP contribution < -0.4 is 0 Å². The van der Waals surface area contributed by atoms with Crippen molar-refractivity contribution in [2.45, 2.75) is 6.42 Å². The molecule has 88 valence electrons. The van der Waals surface area contributed by atoms with Gasteiger partial charge in [-0.3, -0.25) is 0 Å². The lowest BCUT2D eigenvalue weighted by molar-refractivity contribution is 0.318. The highest BCUT2D eigenvalue weighted by Gasteiger charge is 2.20. The van der Waals surface area contributed by atoms with Crippen molar-refractivity contribution in [1.29, 1.82) is 0 Å². The average Bonchev–Trinajstić information content (AvgIpc) is 2.55. The third-order valence-electron chi connectivity index (χ3n) is 3.38.